The van der Waals surface area contributed by atoms with Crippen LogP contribution in [0.2, 0.25) is 0 Å². The number of amides is 1. The van der Waals surface area contributed by atoms with E-state index in [0.29, 0.717) is 32.4 Å². The van der Waals surface area contributed by atoms with Crippen molar-refractivity contribution in [3.63, 3.8) is 0 Å². The van der Waals surface area contributed by atoms with Gasteiger partial charge in [-0.1, -0.05) is 6.92 Å². The Labute approximate surface area is 107 Å². The first-order valence-electron chi connectivity index (χ1n) is 6.71. The molecule has 5 nitrogen and oxygen atoms in total. The highest BCUT2D eigenvalue weighted by Gasteiger charge is 2.46. The highest BCUT2D eigenvalue weighted by atomic mass is 16.4. The fourth-order valence-electron chi connectivity index (χ4n) is 2.92. The van der Waals surface area contributed by atoms with Crippen LogP contribution < -0.4 is 5.73 Å². The number of hydrogen-bond donors (Lipinski definition) is 2. The van der Waals surface area contributed by atoms with Gasteiger partial charge in [0.2, 0.25) is 5.91 Å². The number of carbonyl (C=O) groups excluding carboxylic acids is 1. The van der Waals surface area contributed by atoms with Gasteiger partial charge >= 0.3 is 5.97 Å². The highest BCUT2D eigenvalue weighted by molar-refractivity contribution is 5.81. The molecule has 0 bridgehead atoms. The van der Waals surface area contributed by atoms with E-state index in [1.807, 2.05) is 6.92 Å². The van der Waals surface area contributed by atoms with E-state index in [1.54, 1.807) is 4.90 Å². The van der Waals surface area contributed by atoms with Crippen LogP contribution in [0.15, 0.2) is 0 Å². The second-order valence-corrected chi connectivity index (χ2v) is 5.90. The Morgan fingerprint density at radius 3 is 2.39 bits per heavy atom. The second-order valence-electron chi connectivity index (χ2n) is 5.90. The van der Waals surface area contributed by atoms with Crippen LogP contribution in [0.25, 0.3) is 0 Å². The largest absolute Gasteiger partial charge is 0.481 e. The molecule has 2 fully saturated rings. The van der Waals surface area contributed by atoms with Crippen molar-refractivity contribution in [1.29, 1.82) is 0 Å². The minimum atomic E-state index is -0.786. The standard InChI is InChI=1S/C13H22N2O3/c1-2-12(11(17)18)6-7-15(9-12)10(16)8-13(14)4-3-5-13/h2-9,14H2,1H3,(H,17,18). The van der Waals surface area contributed by atoms with Crippen LogP contribution in [0.4, 0.5) is 0 Å². The Morgan fingerprint density at radius 1 is 1.33 bits per heavy atom. The maximum atomic E-state index is 12.1. The number of rotatable bonds is 4. The molecule has 1 aliphatic carbocycles. The van der Waals surface area contributed by atoms with Gasteiger partial charge in [0.15, 0.2) is 0 Å². The average Bonchev–Trinajstić information content (AvgIpc) is 2.72. The van der Waals surface area contributed by atoms with E-state index in [1.165, 1.54) is 0 Å². The highest BCUT2D eigenvalue weighted by Crippen LogP contribution is 2.37. The van der Waals surface area contributed by atoms with E-state index in [4.69, 9.17) is 5.73 Å². The predicted molar refractivity (Wildman–Crippen MR) is 66.9 cm³/mol. The summed E-state index contributed by atoms with van der Waals surface area (Å²) in [6, 6.07) is 0. The zero-order chi connectivity index (χ0) is 13.4. The number of carboxylic acids is 1. The van der Waals surface area contributed by atoms with Crippen molar-refractivity contribution in [1.82, 2.24) is 4.90 Å². The Morgan fingerprint density at radius 2 is 2.00 bits per heavy atom. The van der Waals surface area contributed by atoms with Gasteiger partial charge in [-0.3, -0.25) is 9.59 Å². The van der Waals surface area contributed by atoms with Gasteiger partial charge in [0, 0.05) is 25.0 Å². The van der Waals surface area contributed by atoms with E-state index in [0.717, 1.165) is 19.3 Å². The van der Waals surface area contributed by atoms with Crippen molar-refractivity contribution in [2.75, 3.05) is 13.1 Å². The van der Waals surface area contributed by atoms with Gasteiger partial charge in [-0.2, -0.15) is 0 Å². The zero-order valence-corrected chi connectivity index (χ0v) is 10.9. The fraction of sp³-hybridized carbons (Fsp3) is 0.846. The van der Waals surface area contributed by atoms with Crippen LogP contribution in [-0.4, -0.2) is 40.5 Å². The van der Waals surface area contributed by atoms with Gasteiger partial charge in [-0.15, -0.1) is 0 Å². The first-order valence-corrected chi connectivity index (χ1v) is 6.71. The Hall–Kier alpha value is -1.10. The van der Waals surface area contributed by atoms with Gasteiger partial charge in [-0.25, -0.2) is 0 Å². The van der Waals surface area contributed by atoms with Crippen molar-refractivity contribution in [3.8, 4) is 0 Å². The van der Waals surface area contributed by atoms with E-state index < -0.39 is 11.4 Å². The molecule has 1 atom stereocenters. The molecular weight excluding hydrogens is 232 g/mol. The number of carbonyl (C=O) groups is 2. The summed E-state index contributed by atoms with van der Waals surface area (Å²) in [4.78, 5) is 25.1. The van der Waals surface area contributed by atoms with E-state index >= 15 is 0 Å². The molecule has 1 heterocycles. The zero-order valence-electron chi connectivity index (χ0n) is 10.9. The van der Waals surface area contributed by atoms with Crippen molar-refractivity contribution in [2.24, 2.45) is 11.1 Å². The molecule has 0 spiro atoms. The van der Waals surface area contributed by atoms with E-state index in [-0.39, 0.29) is 11.4 Å². The molecule has 2 rings (SSSR count). The number of nitrogens with zero attached hydrogens (tertiary/aromatic N) is 1. The van der Waals surface area contributed by atoms with Crippen molar-refractivity contribution >= 4 is 11.9 Å². The molecule has 0 aromatic rings. The maximum Gasteiger partial charge on any atom is 0.311 e. The summed E-state index contributed by atoms with van der Waals surface area (Å²) in [6.07, 6.45) is 4.40. The molecule has 3 N–H and O–H groups in total. The summed E-state index contributed by atoms with van der Waals surface area (Å²) in [5.74, 6) is -0.764. The molecule has 1 aliphatic heterocycles. The summed E-state index contributed by atoms with van der Waals surface area (Å²) >= 11 is 0. The summed E-state index contributed by atoms with van der Waals surface area (Å²) in [6.45, 7) is 2.77. The molecule has 1 unspecified atom stereocenters. The lowest BCUT2D eigenvalue weighted by Gasteiger charge is -2.38. The van der Waals surface area contributed by atoms with Gasteiger partial charge in [0.1, 0.15) is 0 Å². The number of likely N-dealkylation sites (tertiary alicyclic amines) is 1. The van der Waals surface area contributed by atoms with Crippen LogP contribution in [0.3, 0.4) is 0 Å². The smallest absolute Gasteiger partial charge is 0.311 e. The Balaban J connectivity index is 1.95. The average molecular weight is 254 g/mol. The van der Waals surface area contributed by atoms with Crippen molar-refractivity contribution < 1.29 is 14.7 Å². The maximum absolute atomic E-state index is 12.1. The minimum Gasteiger partial charge on any atom is -0.481 e. The third-order valence-electron chi connectivity index (χ3n) is 4.69. The quantitative estimate of drug-likeness (QED) is 0.783. The summed E-state index contributed by atoms with van der Waals surface area (Å²) in [5.41, 5.74) is 5.01. The Kier molecular flexibility index (Phi) is 3.36. The summed E-state index contributed by atoms with van der Waals surface area (Å²) < 4.78 is 0. The molecule has 0 aromatic carbocycles. The number of carboxylic acid groups (broad SMARTS) is 1. The monoisotopic (exact) mass is 254 g/mol. The second kappa shape index (κ2) is 4.53. The van der Waals surface area contributed by atoms with Crippen molar-refractivity contribution in [3.05, 3.63) is 0 Å². The van der Waals surface area contributed by atoms with Gasteiger partial charge in [0.25, 0.3) is 0 Å². The lowest BCUT2D eigenvalue weighted by molar-refractivity contribution is -0.148. The number of nitrogens with two attached hydrogens (primary N) is 1. The number of aliphatic carboxylic acids is 1. The fourth-order valence-corrected chi connectivity index (χ4v) is 2.92. The first-order chi connectivity index (χ1) is 8.41. The SMILES string of the molecule is CCC1(C(=O)O)CCN(C(=O)CC2(N)CCC2)C1. The van der Waals surface area contributed by atoms with Crippen LogP contribution in [0, 0.1) is 5.41 Å². The topological polar surface area (TPSA) is 83.6 Å². The molecule has 102 valence electrons. The van der Waals surface area contributed by atoms with Gasteiger partial charge in [-0.05, 0) is 32.1 Å². The summed E-state index contributed by atoms with van der Waals surface area (Å²) in [7, 11) is 0. The Bertz CT molecular complexity index is 365. The molecule has 5 heteroatoms. The van der Waals surface area contributed by atoms with Crippen LogP contribution in [0.5, 0.6) is 0 Å². The van der Waals surface area contributed by atoms with E-state index in [9.17, 15) is 14.7 Å². The normalized spacial score (nSPS) is 30.0. The summed E-state index contributed by atoms with van der Waals surface area (Å²) in [5, 5.41) is 9.29. The molecular formula is C13H22N2O3. The lowest BCUT2D eigenvalue weighted by atomic mass is 9.75. The van der Waals surface area contributed by atoms with Crippen LogP contribution >= 0.6 is 0 Å². The third-order valence-corrected chi connectivity index (χ3v) is 4.69. The molecule has 18 heavy (non-hydrogen) atoms. The molecule has 1 amide bonds. The number of hydrogen-bond acceptors (Lipinski definition) is 3. The first kappa shape index (κ1) is 13.3. The molecule has 2 aliphatic rings. The lowest BCUT2D eigenvalue weighted by Crippen LogP contribution is -2.50. The van der Waals surface area contributed by atoms with Crippen LogP contribution in [-0.2, 0) is 9.59 Å². The molecule has 0 radical (unpaired) electrons. The van der Waals surface area contributed by atoms with Gasteiger partial charge in [0.05, 0.1) is 5.41 Å². The van der Waals surface area contributed by atoms with Gasteiger partial charge < -0.3 is 15.7 Å². The molecule has 0 aromatic heterocycles. The molecule has 1 saturated carbocycles. The molecule has 1 saturated heterocycles. The van der Waals surface area contributed by atoms with E-state index in [2.05, 4.69) is 0 Å². The van der Waals surface area contributed by atoms with Crippen molar-refractivity contribution in [2.45, 2.75) is 51.0 Å². The third kappa shape index (κ3) is 2.23. The minimum absolute atomic E-state index is 0.0220. The van der Waals surface area contributed by atoms with Crippen LogP contribution in [0.1, 0.15) is 45.4 Å². The predicted octanol–water partition coefficient (Wildman–Crippen LogP) is 0.971.